The predicted molar refractivity (Wildman–Crippen MR) is 112 cm³/mol. The van der Waals surface area contributed by atoms with Crippen molar-refractivity contribution in [3.05, 3.63) is 41.5 Å². The summed E-state index contributed by atoms with van der Waals surface area (Å²) in [6.07, 6.45) is 6.09. The van der Waals surface area contributed by atoms with Gasteiger partial charge in [-0.1, -0.05) is 6.42 Å². The molecule has 2 aromatic rings. The number of nitrogens with zero attached hydrogens (tertiary/aromatic N) is 4. The van der Waals surface area contributed by atoms with E-state index >= 15 is 0 Å². The number of piperidine rings is 1. The number of likely N-dealkylation sites (tertiary alicyclic amines) is 1. The molecule has 0 spiro atoms. The monoisotopic (exact) mass is 467 g/mol. The molecule has 0 saturated carbocycles. The van der Waals surface area contributed by atoms with Crippen molar-refractivity contribution in [2.24, 2.45) is 0 Å². The number of rotatable bonds is 6. The molecule has 8 nitrogen and oxygen atoms in total. The number of amides is 1. The fraction of sp³-hybridized carbons (Fsp3) is 0.571. The van der Waals surface area contributed by atoms with Crippen molar-refractivity contribution in [1.29, 1.82) is 0 Å². The zero-order valence-corrected chi connectivity index (χ0v) is 18.6. The first kappa shape index (κ1) is 22.8. The average Bonchev–Trinajstić information content (AvgIpc) is 3.03. The molecular formula is C21H27F2N5O3S. The predicted octanol–water partition coefficient (Wildman–Crippen LogP) is 2.36. The fourth-order valence-corrected chi connectivity index (χ4v) is 5.45. The van der Waals surface area contributed by atoms with Crippen molar-refractivity contribution in [2.45, 2.75) is 62.3 Å². The third-order valence-electron chi connectivity index (χ3n) is 6.11. The Morgan fingerprint density at radius 1 is 1.09 bits per heavy atom. The highest BCUT2D eigenvalue weighted by molar-refractivity contribution is 7.89. The van der Waals surface area contributed by atoms with E-state index in [1.807, 2.05) is 0 Å². The van der Waals surface area contributed by atoms with Gasteiger partial charge in [-0.2, -0.15) is 0 Å². The summed E-state index contributed by atoms with van der Waals surface area (Å²) in [5, 5.41) is 8.79. The minimum atomic E-state index is -4.03. The molecule has 1 N–H and O–H groups in total. The van der Waals surface area contributed by atoms with Crippen LogP contribution in [0.4, 0.5) is 8.78 Å². The van der Waals surface area contributed by atoms with Crippen molar-refractivity contribution in [2.75, 3.05) is 19.6 Å². The van der Waals surface area contributed by atoms with E-state index in [1.54, 1.807) is 4.90 Å². The number of halogens is 2. The second-order valence-corrected chi connectivity index (χ2v) is 10.1. The van der Waals surface area contributed by atoms with Gasteiger partial charge in [0.25, 0.3) is 0 Å². The van der Waals surface area contributed by atoms with Gasteiger partial charge in [-0.05, 0) is 43.9 Å². The Hall–Kier alpha value is -2.40. The minimum absolute atomic E-state index is 0.0203. The van der Waals surface area contributed by atoms with Gasteiger partial charge in [-0.15, -0.1) is 10.2 Å². The molecule has 1 atom stereocenters. The van der Waals surface area contributed by atoms with E-state index in [4.69, 9.17) is 0 Å². The maximum Gasteiger partial charge on any atom is 0.240 e. The summed E-state index contributed by atoms with van der Waals surface area (Å²) >= 11 is 0. The van der Waals surface area contributed by atoms with Crippen LogP contribution in [0.2, 0.25) is 0 Å². The van der Waals surface area contributed by atoms with Crippen LogP contribution in [0, 0.1) is 11.6 Å². The number of fused-ring (bicyclic) bond motifs is 1. The summed E-state index contributed by atoms with van der Waals surface area (Å²) < 4.78 is 55.5. The number of hydrogen-bond donors (Lipinski definition) is 1. The second kappa shape index (κ2) is 9.62. The van der Waals surface area contributed by atoms with Crippen LogP contribution in [-0.4, -0.2) is 53.6 Å². The fourth-order valence-electron chi connectivity index (χ4n) is 4.40. The van der Waals surface area contributed by atoms with Crippen molar-refractivity contribution in [1.82, 2.24) is 24.4 Å². The highest BCUT2D eigenvalue weighted by atomic mass is 32.2. The molecule has 2 aliphatic rings. The van der Waals surface area contributed by atoms with E-state index in [0.717, 1.165) is 62.4 Å². The van der Waals surface area contributed by atoms with Gasteiger partial charge in [0.2, 0.25) is 15.9 Å². The molecule has 1 aromatic carbocycles. The van der Waals surface area contributed by atoms with Crippen LogP contribution in [0.5, 0.6) is 0 Å². The lowest BCUT2D eigenvalue weighted by Gasteiger charge is -2.32. The number of sulfonamides is 1. The third kappa shape index (κ3) is 4.98. The molecule has 11 heteroatoms. The Labute approximate surface area is 186 Å². The van der Waals surface area contributed by atoms with Crippen molar-refractivity contribution in [3.63, 3.8) is 0 Å². The van der Waals surface area contributed by atoms with Crippen LogP contribution in [-0.2, 0) is 27.8 Å². The molecule has 0 radical (unpaired) electrons. The molecule has 1 fully saturated rings. The highest BCUT2D eigenvalue weighted by Gasteiger charge is 2.29. The molecule has 2 aliphatic heterocycles. The van der Waals surface area contributed by atoms with Crippen LogP contribution in [0.1, 0.15) is 56.1 Å². The Balaban J connectivity index is 1.34. The molecule has 1 amide bonds. The van der Waals surface area contributed by atoms with Gasteiger partial charge in [-0.25, -0.2) is 21.9 Å². The van der Waals surface area contributed by atoms with E-state index in [0.29, 0.717) is 19.2 Å². The van der Waals surface area contributed by atoms with Crippen LogP contribution in [0.15, 0.2) is 23.1 Å². The van der Waals surface area contributed by atoms with E-state index in [9.17, 15) is 22.0 Å². The van der Waals surface area contributed by atoms with Gasteiger partial charge in [0.15, 0.2) is 11.6 Å². The molecule has 1 aromatic heterocycles. The normalized spacial score (nSPS) is 19.4. The van der Waals surface area contributed by atoms with Crippen LogP contribution in [0.25, 0.3) is 0 Å². The van der Waals surface area contributed by atoms with Gasteiger partial charge in [0, 0.05) is 44.9 Å². The number of carbonyl (C=O) groups is 1. The topological polar surface area (TPSA) is 97.2 Å². The molecule has 174 valence electrons. The summed E-state index contributed by atoms with van der Waals surface area (Å²) in [6.45, 7) is 1.94. The second-order valence-electron chi connectivity index (χ2n) is 8.34. The molecule has 3 heterocycles. The Bertz CT molecular complexity index is 1090. The van der Waals surface area contributed by atoms with Crippen molar-refractivity contribution >= 4 is 15.9 Å². The Kier molecular flexibility index (Phi) is 6.85. The van der Waals surface area contributed by atoms with E-state index in [-0.39, 0.29) is 29.7 Å². The average molecular weight is 468 g/mol. The quantitative estimate of drug-likeness (QED) is 0.704. The molecule has 32 heavy (non-hydrogen) atoms. The lowest BCUT2D eigenvalue weighted by Crippen LogP contribution is -2.41. The van der Waals surface area contributed by atoms with E-state index < -0.39 is 21.7 Å². The lowest BCUT2D eigenvalue weighted by molar-refractivity contribution is -0.132. The lowest BCUT2D eigenvalue weighted by atomic mass is 9.96. The molecule has 0 aliphatic carbocycles. The first-order chi connectivity index (χ1) is 15.3. The van der Waals surface area contributed by atoms with Gasteiger partial charge >= 0.3 is 0 Å². The Morgan fingerprint density at radius 3 is 2.75 bits per heavy atom. The van der Waals surface area contributed by atoms with Crippen LogP contribution >= 0.6 is 0 Å². The SMILES string of the molecule is O=C(CCNS(=O)(=O)c1ccc(F)c(F)c1)N1CCCC(c2nnc3n2CCCCC3)C1. The minimum Gasteiger partial charge on any atom is -0.342 e. The van der Waals surface area contributed by atoms with Crippen LogP contribution < -0.4 is 4.72 Å². The third-order valence-corrected chi connectivity index (χ3v) is 7.57. The highest BCUT2D eigenvalue weighted by Crippen LogP contribution is 2.28. The molecule has 1 unspecified atom stereocenters. The van der Waals surface area contributed by atoms with Gasteiger partial charge in [-0.3, -0.25) is 4.79 Å². The molecular weight excluding hydrogens is 440 g/mol. The zero-order chi connectivity index (χ0) is 22.7. The molecule has 0 bridgehead atoms. The van der Waals surface area contributed by atoms with E-state index in [2.05, 4.69) is 19.5 Å². The Morgan fingerprint density at radius 2 is 1.94 bits per heavy atom. The van der Waals surface area contributed by atoms with Gasteiger partial charge in [0.1, 0.15) is 11.6 Å². The first-order valence-electron chi connectivity index (χ1n) is 11.0. The number of carbonyl (C=O) groups excluding carboxylic acids is 1. The molecule has 4 rings (SSSR count). The number of hydrogen-bond acceptors (Lipinski definition) is 5. The summed E-state index contributed by atoms with van der Waals surface area (Å²) in [7, 11) is -4.03. The number of aromatic nitrogens is 3. The summed E-state index contributed by atoms with van der Waals surface area (Å²) in [5.41, 5.74) is 0. The maximum absolute atomic E-state index is 13.3. The largest absolute Gasteiger partial charge is 0.342 e. The zero-order valence-electron chi connectivity index (χ0n) is 17.8. The van der Waals surface area contributed by atoms with E-state index in [1.165, 1.54) is 6.42 Å². The van der Waals surface area contributed by atoms with Gasteiger partial charge < -0.3 is 9.47 Å². The summed E-state index contributed by atoms with van der Waals surface area (Å²) in [4.78, 5) is 14.1. The smallest absolute Gasteiger partial charge is 0.240 e. The number of aryl methyl sites for hydroxylation is 1. The maximum atomic E-state index is 13.3. The standard InChI is InChI=1S/C21H27F2N5O3S/c22-17-8-7-16(13-18(17)23)32(30,31)24-10-9-20(29)27-11-4-5-15(14-27)21-26-25-19-6-2-1-3-12-28(19)21/h7-8,13,15,24H,1-6,9-12,14H2. The summed E-state index contributed by atoms with van der Waals surface area (Å²) in [5.74, 6) is -0.437. The van der Waals surface area contributed by atoms with Gasteiger partial charge in [0.05, 0.1) is 4.90 Å². The molecule has 1 saturated heterocycles. The van der Waals surface area contributed by atoms with Crippen LogP contribution in [0.3, 0.4) is 0 Å². The van der Waals surface area contributed by atoms with Crippen molar-refractivity contribution < 1.29 is 22.0 Å². The first-order valence-corrected chi connectivity index (χ1v) is 12.5. The van der Waals surface area contributed by atoms with Crippen molar-refractivity contribution in [3.8, 4) is 0 Å². The summed E-state index contributed by atoms with van der Waals surface area (Å²) in [6, 6.07) is 2.36. The number of benzene rings is 1. The number of nitrogens with one attached hydrogen (secondary N) is 1.